The number of hydrogen-bond donors (Lipinski definition) is 1. The number of hydrogen-bond acceptors (Lipinski definition) is 2. The third kappa shape index (κ3) is 5.37. The quantitative estimate of drug-likeness (QED) is 0.612. The summed E-state index contributed by atoms with van der Waals surface area (Å²) in [5, 5.41) is 3.31. The van der Waals surface area contributed by atoms with Crippen LogP contribution in [0.25, 0.3) is 0 Å². The van der Waals surface area contributed by atoms with Gasteiger partial charge in [-0.1, -0.05) is 29.4 Å². The third-order valence-corrected chi connectivity index (χ3v) is 2.86. The molecule has 0 saturated heterocycles. The molecule has 0 radical (unpaired) electrons. The number of rotatable bonds is 7. The van der Waals surface area contributed by atoms with Crippen LogP contribution in [0.15, 0.2) is 34.8 Å². The molecule has 0 atom stereocenters. The van der Waals surface area contributed by atoms with Gasteiger partial charge < -0.3 is 10.1 Å². The predicted octanol–water partition coefficient (Wildman–Crippen LogP) is 3.69. The molecule has 1 N–H and O–H groups in total. The Hall–Kier alpha value is -0.800. The van der Waals surface area contributed by atoms with Gasteiger partial charge in [0.25, 0.3) is 0 Å². The third-order valence-electron chi connectivity index (χ3n) is 2.37. The standard InChI is InChI=1S/C14H20BrNO/c1-4-7-16-9-11(2)10-17-14-6-5-13(15)8-12(14)3/h5-6,8,16H,2,4,7,9-10H2,1,3H3. The zero-order valence-corrected chi connectivity index (χ0v) is 12.1. The first-order chi connectivity index (χ1) is 8.13. The van der Waals surface area contributed by atoms with Gasteiger partial charge in [0.05, 0.1) is 0 Å². The van der Waals surface area contributed by atoms with E-state index in [9.17, 15) is 0 Å². The van der Waals surface area contributed by atoms with Crippen LogP contribution in [0.5, 0.6) is 5.75 Å². The monoisotopic (exact) mass is 297 g/mol. The van der Waals surface area contributed by atoms with Crippen LogP contribution in [0.3, 0.4) is 0 Å². The Morgan fingerprint density at radius 3 is 2.88 bits per heavy atom. The van der Waals surface area contributed by atoms with Crippen molar-refractivity contribution < 1.29 is 4.74 Å². The molecule has 0 aliphatic rings. The average molecular weight is 298 g/mol. The molecule has 1 aromatic carbocycles. The minimum absolute atomic E-state index is 0.569. The molecule has 0 amide bonds. The topological polar surface area (TPSA) is 21.3 Å². The molecular formula is C14H20BrNO. The summed E-state index contributed by atoms with van der Waals surface area (Å²) in [5.41, 5.74) is 2.20. The fourth-order valence-electron chi connectivity index (χ4n) is 1.45. The van der Waals surface area contributed by atoms with Gasteiger partial charge in [0.1, 0.15) is 12.4 Å². The molecule has 0 aromatic heterocycles. The summed E-state index contributed by atoms with van der Waals surface area (Å²) in [5.74, 6) is 0.921. The van der Waals surface area contributed by atoms with Crippen molar-refractivity contribution in [2.75, 3.05) is 19.7 Å². The van der Waals surface area contributed by atoms with Gasteiger partial charge in [-0.05, 0) is 49.2 Å². The molecule has 1 aromatic rings. The Labute approximate surface area is 112 Å². The van der Waals surface area contributed by atoms with E-state index < -0.39 is 0 Å². The molecule has 0 bridgehead atoms. The zero-order chi connectivity index (χ0) is 12.7. The largest absolute Gasteiger partial charge is 0.489 e. The van der Waals surface area contributed by atoms with Crippen molar-refractivity contribution in [3.63, 3.8) is 0 Å². The van der Waals surface area contributed by atoms with Gasteiger partial charge in [0.2, 0.25) is 0 Å². The summed E-state index contributed by atoms with van der Waals surface area (Å²) in [6.07, 6.45) is 1.14. The van der Waals surface area contributed by atoms with E-state index in [4.69, 9.17) is 4.74 Å². The molecule has 0 heterocycles. The second-order valence-corrected chi connectivity index (χ2v) is 5.04. The highest BCUT2D eigenvalue weighted by molar-refractivity contribution is 9.10. The maximum Gasteiger partial charge on any atom is 0.122 e. The second-order valence-electron chi connectivity index (χ2n) is 4.13. The maximum atomic E-state index is 5.72. The SMILES string of the molecule is C=C(CNCCC)COc1ccc(Br)cc1C. The van der Waals surface area contributed by atoms with Gasteiger partial charge in [0.15, 0.2) is 0 Å². The van der Waals surface area contributed by atoms with Gasteiger partial charge >= 0.3 is 0 Å². The molecule has 0 aliphatic heterocycles. The molecule has 3 heteroatoms. The van der Waals surface area contributed by atoms with E-state index >= 15 is 0 Å². The first-order valence-electron chi connectivity index (χ1n) is 5.89. The van der Waals surface area contributed by atoms with Crippen molar-refractivity contribution in [1.82, 2.24) is 5.32 Å². The number of aryl methyl sites for hydroxylation is 1. The van der Waals surface area contributed by atoms with Gasteiger partial charge in [-0.3, -0.25) is 0 Å². The van der Waals surface area contributed by atoms with Crippen molar-refractivity contribution in [3.05, 3.63) is 40.4 Å². The van der Waals surface area contributed by atoms with Crippen LogP contribution in [0.1, 0.15) is 18.9 Å². The smallest absolute Gasteiger partial charge is 0.122 e. The molecule has 0 spiro atoms. The van der Waals surface area contributed by atoms with Crippen molar-refractivity contribution in [3.8, 4) is 5.75 Å². The fourth-order valence-corrected chi connectivity index (χ4v) is 1.92. The van der Waals surface area contributed by atoms with Crippen LogP contribution in [-0.4, -0.2) is 19.7 Å². The molecule has 0 fully saturated rings. The van der Waals surface area contributed by atoms with Crippen LogP contribution < -0.4 is 10.1 Å². The van der Waals surface area contributed by atoms with Crippen molar-refractivity contribution >= 4 is 15.9 Å². The molecule has 0 saturated carbocycles. The van der Waals surface area contributed by atoms with E-state index in [2.05, 4.69) is 34.7 Å². The number of halogens is 1. The lowest BCUT2D eigenvalue weighted by Gasteiger charge is -2.11. The van der Waals surface area contributed by atoms with E-state index in [1.165, 1.54) is 0 Å². The highest BCUT2D eigenvalue weighted by atomic mass is 79.9. The van der Waals surface area contributed by atoms with E-state index in [0.29, 0.717) is 6.61 Å². The van der Waals surface area contributed by atoms with E-state index in [1.54, 1.807) is 0 Å². The van der Waals surface area contributed by atoms with E-state index in [0.717, 1.165) is 40.9 Å². The highest BCUT2D eigenvalue weighted by Gasteiger charge is 2.01. The molecule has 0 unspecified atom stereocenters. The van der Waals surface area contributed by atoms with E-state index in [1.807, 2.05) is 25.1 Å². The number of nitrogens with one attached hydrogen (secondary N) is 1. The van der Waals surface area contributed by atoms with Crippen molar-refractivity contribution in [2.45, 2.75) is 20.3 Å². The lowest BCUT2D eigenvalue weighted by Crippen LogP contribution is -2.20. The lowest BCUT2D eigenvalue weighted by molar-refractivity contribution is 0.346. The summed E-state index contributed by atoms with van der Waals surface area (Å²) in [6.45, 7) is 10.6. The predicted molar refractivity (Wildman–Crippen MR) is 76.7 cm³/mol. The Balaban J connectivity index is 2.37. The van der Waals surface area contributed by atoms with E-state index in [-0.39, 0.29) is 0 Å². The van der Waals surface area contributed by atoms with Crippen LogP contribution >= 0.6 is 15.9 Å². The molecule has 94 valence electrons. The highest BCUT2D eigenvalue weighted by Crippen LogP contribution is 2.22. The van der Waals surface area contributed by atoms with Crippen molar-refractivity contribution in [1.29, 1.82) is 0 Å². The van der Waals surface area contributed by atoms with Crippen LogP contribution in [0.2, 0.25) is 0 Å². The number of ether oxygens (including phenoxy) is 1. The minimum Gasteiger partial charge on any atom is -0.489 e. The molecule has 0 aliphatic carbocycles. The first kappa shape index (κ1) is 14.3. The fraction of sp³-hybridized carbons (Fsp3) is 0.429. The Kier molecular flexibility index (Phi) is 6.30. The Morgan fingerprint density at radius 1 is 1.47 bits per heavy atom. The first-order valence-corrected chi connectivity index (χ1v) is 6.69. The zero-order valence-electron chi connectivity index (χ0n) is 10.6. The summed E-state index contributed by atoms with van der Waals surface area (Å²) in [4.78, 5) is 0. The summed E-state index contributed by atoms with van der Waals surface area (Å²) in [6, 6.07) is 6.01. The molecule has 2 nitrogen and oxygen atoms in total. The second kappa shape index (κ2) is 7.51. The summed E-state index contributed by atoms with van der Waals surface area (Å²) in [7, 11) is 0. The van der Waals surface area contributed by atoms with Crippen LogP contribution in [0, 0.1) is 6.92 Å². The molecule has 1 rings (SSSR count). The molecular weight excluding hydrogens is 278 g/mol. The number of benzene rings is 1. The van der Waals surface area contributed by atoms with Crippen LogP contribution in [-0.2, 0) is 0 Å². The average Bonchev–Trinajstić information content (AvgIpc) is 2.28. The van der Waals surface area contributed by atoms with Gasteiger partial charge in [-0.25, -0.2) is 0 Å². The minimum atomic E-state index is 0.569. The van der Waals surface area contributed by atoms with Gasteiger partial charge in [-0.2, -0.15) is 0 Å². The maximum absolute atomic E-state index is 5.72. The normalized spacial score (nSPS) is 10.3. The van der Waals surface area contributed by atoms with Crippen LogP contribution in [0.4, 0.5) is 0 Å². The van der Waals surface area contributed by atoms with Gasteiger partial charge in [0, 0.05) is 11.0 Å². The summed E-state index contributed by atoms with van der Waals surface area (Å²) < 4.78 is 6.80. The Morgan fingerprint density at radius 2 is 2.24 bits per heavy atom. The Bertz CT molecular complexity index is 376. The lowest BCUT2D eigenvalue weighted by atomic mass is 10.2. The summed E-state index contributed by atoms with van der Waals surface area (Å²) >= 11 is 3.44. The molecule has 17 heavy (non-hydrogen) atoms. The van der Waals surface area contributed by atoms with Gasteiger partial charge in [-0.15, -0.1) is 0 Å². The van der Waals surface area contributed by atoms with Crippen molar-refractivity contribution in [2.24, 2.45) is 0 Å².